The molecule has 29 heavy (non-hydrogen) atoms. The molecule has 1 aromatic carbocycles. The number of benzene rings is 1. The molecule has 1 atom stereocenters. The molecule has 3 heterocycles. The van der Waals surface area contributed by atoms with Crippen LogP contribution in [0, 0.1) is 5.82 Å². The van der Waals surface area contributed by atoms with Crippen molar-refractivity contribution in [3.8, 4) is 5.00 Å². The number of aromatic nitrogens is 1. The van der Waals surface area contributed by atoms with Gasteiger partial charge in [0, 0.05) is 23.0 Å². The number of fused-ring (bicyclic) bond motifs is 1. The van der Waals surface area contributed by atoms with Crippen LogP contribution in [0.3, 0.4) is 0 Å². The Balaban J connectivity index is 1.56. The van der Waals surface area contributed by atoms with Crippen molar-refractivity contribution in [2.45, 2.75) is 25.2 Å². The number of hydrogen-bond donors (Lipinski definition) is 1. The molecule has 1 N–H and O–H groups in total. The van der Waals surface area contributed by atoms with E-state index in [0.29, 0.717) is 5.56 Å². The number of ether oxygens (including phenoxy) is 1. The van der Waals surface area contributed by atoms with Crippen LogP contribution in [0.15, 0.2) is 48.8 Å². The third-order valence-electron chi connectivity index (χ3n) is 4.63. The van der Waals surface area contributed by atoms with Gasteiger partial charge < -0.3 is 14.6 Å². The third-order valence-corrected chi connectivity index (χ3v) is 7.04. The zero-order chi connectivity index (χ0) is 20.4. The zero-order valence-electron chi connectivity index (χ0n) is 15.7. The summed E-state index contributed by atoms with van der Waals surface area (Å²) in [5.74, 6) is 0.155. The van der Waals surface area contributed by atoms with E-state index in [-0.39, 0.29) is 5.69 Å². The molecule has 0 saturated carbocycles. The SMILES string of the molecule is C[C@H](OC(=O)c1c(-n2cccc2)sc2c1CCSC2)C(=O)Nc1ccccc1F. The van der Waals surface area contributed by atoms with Gasteiger partial charge in [-0.05, 0) is 48.9 Å². The van der Waals surface area contributed by atoms with E-state index >= 15 is 0 Å². The molecule has 4 rings (SSSR count). The average molecular weight is 431 g/mol. The molecule has 0 radical (unpaired) electrons. The summed E-state index contributed by atoms with van der Waals surface area (Å²) in [6.45, 7) is 1.48. The lowest BCUT2D eigenvalue weighted by molar-refractivity contribution is -0.123. The molecule has 0 saturated heterocycles. The maximum absolute atomic E-state index is 13.8. The second-order valence-corrected chi connectivity index (χ2v) is 8.78. The molecular weight excluding hydrogens is 411 g/mol. The number of thiophene rings is 1. The van der Waals surface area contributed by atoms with Crippen LogP contribution in [0.4, 0.5) is 10.1 Å². The number of nitrogens with zero attached hydrogens (tertiary/aromatic N) is 1. The molecule has 150 valence electrons. The quantitative estimate of drug-likeness (QED) is 0.599. The van der Waals surface area contributed by atoms with Gasteiger partial charge in [0.25, 0.3) is 5.91 Å². The maximum Gasteiger partial charge on any atom is 0.342 e. The summed E-state index contributed by atoms with van der Waals surface area (Å²) in [4.78, 5) is 26.6. The lowest BCUT2D eigenvalue weighted by Gasteiger charge is -2.16. The Morgan fingerprint density at radius 2 is 1.97 bits per heavy atom. The Morgan fingerprint density at radius 1 is 1.21 bits per heavy atom. The monoisotopic (exact) mass is 430 g/mol. The van der Waals surface area contributed by atoms with Crippen molar-refractivity contribution < 1.29 is 18.7 Å². The fourth-order valence-corrected chi connectivity index (χ4v) is 5.58. The number of carbonyl (C=O) groups is 2. The van der Waals surface area contributed by atoms with Gasteiger partial charge in [-0.25, -0.2) is 9.18 Å². The van der Waals surface area contributed by atoms with Gasteiger partial charge in [-0.15, -0.1) is 11.3 Å². The third kappa shape index (κ3) is 4.09. The first-order chi connectivity index (χ1) is 14.0. The summed E-state index contributed by atoms with van der Waals surface area (Å²) in [5.41, 5.74) is 1.58. The average Bonchev–Trinajstić information content (AvgIpc) is 3.37. The summed E-state index contributed by atoms with van der Waals surface area (Å²) in [7, 11) is 0. The Morgan fingerprint density at radius 3 is 2.72 bits per heavy atom. The lowest BCUT2D eigenvalue weighted by Crippen LogP contribution is -2.30. The van der Waals surface area contributed by atoms with Crippen LogP contribution >= 0.6 is 23.1 Å². The van der Waals surface area contributed by atoms with Crippen molar-refractivity contribution in [3.05, 3.63) is 70.6 Å². The number of rotatable bonds is 5. The van der Waals surface area contributed by atoms with Crippen LogP contribution < -0.4 is 5.32 Å². The fourth-order valence-electron chi connectivity index (χ4n) is 3.15. The van der Waals surface area contributed by atoms with E-state index in [9.17, 15) is 14.0 Å². The second-order valence-electron chi connectivity index (χ2n) is 6.59. The van der Waals surface area contributed by atoms with E-state index in [2.05, 4.69) is 5.32 Å². The van der Waals surface area contributed by atoms with Gasteiger partial charge in [0.05, 0.1) is 11.3 Å². The summed E-state index contributed by atoms with van der Waals surface area (Å²) < 4.78 is 21.2. The Kier molecular flexibility index (Phi) is 5.73. The van der Waals surface area contributed by atoms with Crippen molar-refractivity contribution in [2.24, 2.45) is 0 Å². The van der Waals surface area contributed by atoms with Crippen molar-refractivity contribution in [1.82, 2.24) is 4.57 Å². The van der Waals surface area contributed by atoms with Crippen molar-refractivity contribution >= 4 is 40.7 Å². The van der Waals surface area contributed by atoms with Crippen LogP contribution in [-0.4, -0.2) is 28.3 Å². The van der Waals surface area contributed by atoms with Gasteiger partial charge >= 0.3 is 5.97 Å². The molecule has 5 nitrogen and oxygen atoms in total. The summed E-state index contributed by atoms with van der Waals surface area (Å²) in [6.07, 6.45) is 3.50. The zero-order valence-corrected chi connectivity index (χ0v) is 17.3. The predicted molar refractivity (Wildman–Crippen MR) is 113 cm³/mol. The highest BCUT2D eigenvalue weighted by atomic mass is 32.2. The molecule has 3 aromatic rings. The summed E-state index contributed by atoms with van der Waals surface area (Å²) in [5, 5.41) is 3.27. The van der Waals surface area contributed by atoms with Crippen LogP contribution in [-0.2, 0) is 21.7 Å². The Bertz CT molecular complexity index is 1050. The normalized spacial score (nSPS) is 14.1. The maximum atomic E-state index is 13.8. The molecule has 0 aliphatic carbocycles. The van der Waals surface area contributed by atoms with Gasteiger partial charge in [0.2, 0.25) is 0 Å². The number of amides is 1. The van der Waals surface area contributed by atoms with Crippen LogP contribution in [0.5, 0.6) is 0 Å². The highest BCUT2D eigenvalue weighted by Gasteiger charge is 2.29. The predicted octanol–water partition coefficient (Wildman–Crippen LogP) is 4.65. The van der Waals surface area contributed by atoms with Crippen LogP contribution in [0.1, 0.15) is 27.7 Å². The number of para-hydroxylation sites is 1. The minimum Gasteiger partial charge on any atom is -0.449 e. The van der Waals surface area contributed by atoms with Gasteiger partial charge in [0.15, 0.2) is 6.10 Å². The van der Waals surface area contributed by atoms with E-state index in [4.69, 9.17) is 4.74 Å². The topological polar surface area (TPSA) is 60.3 Å². The molecule has 0 fully saturated rings. The number of anilines is 1. The molecule has 1 aliphatic heterocycles. The van der Waals surface area contributed by atoms with Crippen molar-refractivity contribution in [3.63, 3.8) is 0 Å². The number of hydrogen-bond acceptors (Lipinski definition) is 5. The summed E-state index contributed by atoms with van der Waals surface area (Å²) in [6, 6.07) is 9.66. The largest absolute Gasteiger partial charge is 0.449 e. The molecular formula is C21H19FN2O3S2. The standard InChI is InChI=1S/C21H19FN2O3S2/c1-13(19(25)23-16-7-3-2-6-15(16)22)27-21(26)18-14-8-11-28-12-17(14)29-20(18)24-9-4-5-10-24/h2-7,9-10,13H,8,11-12H2,1H3,(H,23,25)/t13-/m0/s1. The first-order valence-electron chi connectivity index (χ1n) is 9.16. The molecule has 8 heteroatoms. The smallest absolute Gasteiger partial charge is 0.342 e. The van der Waals surface area contributed by atoms with Crippen molar-refractivity contribution in [1.29, 1.82) is 0 Å². The van der Waals surface area contributed by atoms with Gasteiger partial charge in [-0.3, -0.25) is 4.79 Å². The molecule has 1 amide bonds. The highest BCUT2D eigenvalue weighted by Crippen LogP contribution is 2.38. The van der Waals surface area contributed by atoms with Gasteiger partial charge in [0.1, 0.15) is 10.8 Å². The molecule has 0 spiro atoms. The van der Waals surface area contributed by atoms with E-state index in [1.165, 1.54) is 30.0 Å². The molecule has 0 bridgehead atoms. The number of nitrogens with one attached hydrogen (secondary N) is 1. The summed E-state index contributed by atoms with van der Waals surface area (Å²) >= 11 is 3.42. The molecule has 0 unspecified atom stereocenters. The van der Waals surface area contributed by atoms with E-state index in [0.717, 1.165) is 28.5 Å². The van der Waals surface area contributed by atoms with Crippen LogP contribution in [0.25, 0.3) is 5.00 Å². The number of esters is 1. The van der Waals surface area contributed by atoms with Gasteiger partial charge in [-0.1, -0.05) is 12.1 Å². The van der Waals surface area contributed by atoms with E-state index in [1.54, 1.807) is 17.4 Å². The number of thioether (sulfide) groups is 1. The van der Waals surface area contributed by atoms with Crippen LogP contribution in [0.2, 0.25) is 0 Å². The molecule has 2 aromatic heterocycles. The lowest BCUT2D eigenvalue weighted by atomic mass is 10.1. The number of carbonyl (C=O) groups excluding carboxylic acids is 2. The van der Waals surface area contributed by atoms with Gasteiger partial charge in [-0.2, -0.15) is 11.8 Å². The minimum atomic E-state index is -1.06. The van der Waals surface area contributed by atoms with E-state index in [1.807, 2.05) is 40.9 Å². The van der Waals surface area contributed by atoms with E-state index < -0.39 is 23.8 Å². The second kappa shape index (κ2) is 8.42. The minimum absolute atomic E-state index is 0.0540. The molecule has 1 aliphatic rings. The fraction of sp³-hybridized carbons (Fsp3) is 0.238. The number of halogens is 1. The Hall–Kier alpha value is -2.58. The Labute approximate surface area is 175 Å². The first kappa shape index (κ1) is 19.7. The first-order valence-corrected chi connectivity index (χ1v) is 11.1. The van der Waals surface area contributed by atoms with Crippen molar-refractivity contribution in [2.75, 3.05) is 11.1 Å². The highest BCUT2D eigenvalue weighted by molar-refractivity contribution is 7.98.